The lowest BCUT2D eigenvalue weighted by molar-refractivity contribution is 0.0100. The molecule has 0 radical (unpaired) electrons. The largest absolute Gasteiger partial charge is 0.379 e. The smallest absolute Gasteiger partial charge is 0.0718 e. The van der Waals surface area contributed by atoms with E-state index >= 15 is 0 Å². The lowest BCUT2D eigenvalue weighted by Gasteiger charge is -2.07. The average Bonchev–Trinajstić information content (AvgIpc) is 2.53. The zero-order chi connectivity index (χ0) is 15.0. The van der Waals surface area contributed by atoms with Gasteiger partial charge in [0.1, 0.15) is 0 Å². The summed E-state index contributed by atoms with van der Waals surface area (Å²) in [7, 11) is 0. The second-order valence-corrected chi connectivity index (χ2v) is 5.18. The van der Waals surface area contributed by atoms with Gasteiger partial charge in [-0.3, -0.25) is 0 Å². The maximum absolute atomic E-state index is 5.54. The van der Waals surface area contributed by atoms with E-state index in [4.69, 9.17) is 14.2 Å². The first-order valence-electron chi connectivity index (χ1n) is 8.20. The van der Waals surface area contributed by atoms with Crippen molar-refractivity contribution in [3.05, 3.63) is 35.9 Å². The number of unbranched alkanes of at least 4 members (excludes halogenated alkanes) is 4. The molecule has 0 unspecified atom stereocenters. The van der Waals surface area contributed by atoms with Crippen LogP contribution in [0.4, 0.5) is 0 Å². The molecule has 0 aliphatic heterocycles. The quantitative estimate of drug-likeness (QED) is 0.481. The number of benzene rings is 1. The van der Waals surface area contributed by atoms with E-state index in [-0.39, 0.29) is 0 Å². The van der Waals surface area contributed by atoms with Crippen molar-refractivity contribution in [1.29, 1.82) is 0 Å². The van der Waals surface area contributed by atoms with Crippen LogP contribution in [0.3, 0.4) is 0 Å². The van der Waals surface area contributed by atoms with E-state index in [2.05, 4.69) is 19.1 Å². The molecule has 0 amide bonds. The van der Waals surface area contributed by atoms with Gasteiger partial charge in [-0.05, 0) is 12.0 Å². The summed E-state index contributed by atoms with van der Waals surface area (Å²) in [6, 6.07) is 10.2. The lowest BCUT2D eigenvalue weighted by atomic mass is 10.2. The van der Waals surface area contributed by atoms with E-state index in [0.29, 0.717) is 33.0 Å². The summed E-state index contributed by atoms with van der Waals surface area (Å²) in [5, 5.41) is 0. The zero-order valence-corrected chi connectivity index (χ0v) is 13.4. The molecule has 120 valence electrons. The van der Waals surface area contributed by atoms with Gasteiger partial charge in [-0.1, -0.05) is 62.9 Å². The Morgan fingerprint density at radius 3 is 2.00 bits per heavy atom. The van der Waals surface area contributed by atoms with Crippen molar-refractivity contribution in [2.24, 2.45) is 0 Å². The molecule has 0 saturated heterocycles. The zero-order valence-electron chi connectivity index (χ0n) is 13.4. The average molecular weight is 294 g/mol. The van der Waals surface area contributed by atoms with Crippen molar-refractivity contribution in [3.63, 3.8) is 0 Å². The van der Waals surface area contributed by atoms with E-state index in [0.717, 1.165) is 6.61 Å². The number of hydrogen-bond donors (Lipinski definition) is 0. The molecule has 0 aliphatic carbocycles. The fourth-order valence-electron chi connectivity index (χ4n) is 2.01. The number of ether oxygens (including phenoxy) is 3. The molecule has 3 heteroatoms. The highest BCUT2D eigenvalue weighted by Gasteiger charge is 1.94. The summed E-state index contributed by atoms with van der Waals surface area (Å²) in [6.45, 7) is 6.35. The molecule has 0 aliphatic rings. The van der Waals surface area contributed by atoms with E-state index in [1.54, 1.807) is 0 Å². The summed E-state index contributed by atoms with van der Waals surface area (Å²) in [4.78, 5) is 0. The van der Waals surface area contributed by atoms with Gasteiger partial charge in [0.25, 0.3) is 0 Å². The van der Waals surface area contributed by atoms with Crippen LogP contribution in [0.2, 0.25) is 0 Å². The van der Waals surface area contributed by atoms with Gasteiger partial charge in [0, 0.05) is 6.61 Å². The molecule has 1 aromatic rings. The minimum Gasteiger partial charge on any atom is -0.379 e. The van der Waals surface area contributed by atoms with Crippen LogP contribution in [0, 0.1) is 0 Å². The molecule has 0 bridgehead atoms. The SMILES string of the molecule is CCCCCCCOCCOCCOCc1ccccc1. The standard InChI is InChI=1S/C18H30O3/c1-2-3-4-5-9-12-19-13-14-20-15-16-21-17-18-10-7-6-8-11-18/h6-8,10-11H,2-5,9,12-17H2,1H3. The van der Waals surface area contributed by atoms with Gasteiger partial charge >= 0.3 is 0 Å². The molecule has 0 heterocycles. The predicted molar refractivity (Wildman–Crippen MR) is 86.5 cm³/mol. The first kappa shape index (κ1) is 18.1. The molecular formula is C18H30O3. The maximum atomic E-state index is 5.54. The Morgan fingerprint density at radius 1 is 0.667 bits per heavy atom. The van der Waals surface area contributed by atoms with Gasteiger partial charge in [-0.2, -0.15) is 0 Å². The molecule has 21 heavy (non-hydrogen) atoms. The predicted octanol–water partition coefficient (Wildman–Crippen LogP) is 4.21. The minimum atomic E-state index is 0.631. The van der Waals surface area contributed by atoms with Gasteiger partial charge in [0.2, 0.25) is 0 Å². The normalized spacial score (nSPS) is 10.9. The van der Waals surface area contributed by atoms with Gasteiger partial charge in [0.15, 0.2) is 0 Å². The van der Waals surface area contributed by atoms with Crippen LogP contribution in [0.15, 0.2) is 30.3 Å². The highest BCUT2D eigenvalue weighted by Crippen LogP contribution is 2.02. The fraction of sp³-hybridized carbons (Fsp3) is 0.667. The van der Waals surface area contributed by atoms with Crippen LogP contribution in [0.25, 0.3) is 0 Å². The molecule has 1 rings (SSSR count). The van der Waals surface area contributed by atoms with E-state index < -0.39 is 0 Å². The molecule has 3 nitrogen and oxygen atoms in total. The Kier molecular flexibility index (Phi) is 12.1. The van der Waals surface area contributed by atoms with Crippen LogP contribution in [0.1, 0.15) is 44.6 Å². The van der Waals surface area contributed by atoms with Crippen LogP contribution in [0.5, 0.6) is 0 Å². The van der Waals surface area contributed by atoms with E-state index in [1.165, 1.54) is 37.7 Å². The molecule has 0 atom stereocenters. The Hall–Kier alpha value is -0.900. The summed E-state index contributed by atoms with van der Waals surface area (Å²) < 4.78 is 16.5. The van der Waals surface area contributed by atoms with Gasteiger partial charge < -0.3 is 14.2 Å². The summed E-state index contributed by atoms with van der Waals surface area (Å²) >= 11 is 0. The van der Waals surface area contributed by atoms with Gasteiger partial charge in [0.05, 0.1) is 33.0 Å². The summed E-state index contributed by atoms with van der Waals surface area (Å²) in [5.74, 6) is 0. The van der Waals surface area contributed by atoms with Crippen molar-refractivity contribution in [2.75, 3.05) is 33.0 Å². The number of hydrogen-bond acceptors (Lipinski definition) is 3. The van der Waals surface area contributed by atoms with Crippen molar-refractivity contribution >= 4 is 0 Å². The second-order valence-electron chi connectivity index (χ2n) is 5.18. The summed E-state index contributed by atoms with van der Waals surface area (Å²) in [6.07, 6.45) is 6.41. The highest BCUT2D eigenvalue weighted by atomic mass is 16.5. The van der Waals surface area contributed by atoms with Gasteiger partial charge in [-0.15, -0.1) is 0 Å². The molecule has 0 saturated carbocycles. The van der Waals surface area contributed by atoms with Crippen molar-refractivity contribution in [3.8, 4) is 0 Å². The van der Waals surface area contributed by atoms with Crippen molar-refractivity contribution in [2.45, 2.75) is 45.6 Å². The van der Waals surface area contributed by atoms with Crippen LogP contribution in [-0.2, 0) is 20.8 Å². The third-order valence-electron chi connectivity index (χ3n) is 3.25. The van der Waals surface area contributed by atoms with Crippen LogP contribution < -0.4 is 0 Å². The number of rotatable bonds is 14. The molecule has 0 aromatic heterocycles. The third kappa shape index (κ3) is 11.4. The Balaban J connectivity index is 1.75. The van der Waals surface area contributed by atoms with Crippen LogP contribution in [-0.4, -0.2) is 33.0 Å². The lowest BCUT2D eigenvalue weighted by Crippen LogP contribution is -2.09. The highest BCUT2D eigenvalue weighted by molar-refractivity contribution is 5.13. The molecule has 0 spiro atoms. The monoisotopic (exact) mass is 294 g/mol. The van der Waals surface area contributed by atoms with E-state index in [1.807, 2.05) is 18.2 Å². The Labute approximate surface area is 129 Å². The molecule has 0 N–H and O–H groups in total. The third-order valence-corrected chi connectivity index (χ3v) is 3.25. The topological polar surface area (TPSA) is 27.7 Å². The van der Waals surface area contributed by atoms with E-state index in [9.17, 15) is 0 Å². The van der Waals surface area contributed by atoms with Crippen molar-refractivity contribution < 1.29 is 14.2 Å². The van der Waals surface area contributed by atoms with Crippen molar-refractivity contribution in [1.82, 2.24) is 0 Å². The molecular weight excluding hydrogens is 264 g/mol. The first-order valence-corrected chi connectivity index (χ1v) is 8.20. The second kappa shape index (κ2) is 14.1. The Bertz CT molecular complexity index is 313. The van der Waals surface area contributed by atoms with Crippen LogP contribution >= 0.6 is 0 Å². The molecule has 1 aromatic carbocycles. The first-order chi connectivity index (χ1) is 10.4. The molecule has 0 fully saturated rings. The van der Waals surface area contributed by atoms with Gasteiger partial charge in [-0.25, -0.2) is 0 Å². The maximum Gasteiger partial charge on any atom is 0.0718 e. The Morgan fingerprint density at radius 2 is 1.29 bits per heavy atom. The minimum absolute atomic E-state index is 0.631. The summed E-state index contributed by atoms with van der Waals surface area (Å²) in [5.41, 5.74) is 1.20. The fourth-order valence-corrected chi connectivity index (χ4v) is 2.01.